The molecule has 2 aliphatic rings. The first-order valence-corrected chi connectivity index (χ1v) is 12.2. The molecule has 0 bridgehead atoms. The van der Waals surface area contributed by atoms with E-state index >= 15 is 0 Å². The van der Waals surface area contributed by atoms with Crippen molar-refractivity contribution in [2.75, 3.05) is 6.54 Å². The van der Waals surface area contributed by atoms with Gasteiger partial charge in [-0.05, 0) is 68.6 Å². The molecular formula is C26H39NO5. The normalized spacial score (nSPS) is 25.2. The van der Waals surface area contributed by atoms with Gasteiger partial charge in [-0.25, -0.2) is 4.79 Å². The highest BCUT2D eigenvalue weighted by Crippen LogP contribution is 2.42. The van der Waals surface area contributed by atoms with Crippen LogP contribution in [-0.2, 0) is 15.1 Å². The van der Waals surface area contributed by atoms with Crippen LogP contribution in [-0.4, -0.2) is 29.8 Å². The summed E-state index contributed by atoms with van der Waals surface area (Å²) in [5.74, 6) is 0.375. The van der Waals surface area contributed by atoms with Gasteiger partial charge in [0.1, 0.15) is 5.75 Å². The van der Waals surface area contributed by atoms with Crippen LogP contribution in [0, 0.1) is 11.3 Å². The molecule has 2 N–H and O–H groups in total. The van der Waals surface area contributed by atoms with Crippen molar-refractivity contribution in [3.05, 3.63) is 29.8 Å². The summed E-state index contributed by atoms with van der Waals surface area (Å²) in [6.45, 7) is 6.16. The number of hydrogen-bond donors (Lipinski definition) is 2. The molecule has 0 heterocycles. The molecule has 1 aromatic rings. The first kappa shape index (κ1) is 24.6. The lowest BCUT2D eigenvalue weighted by Crippen LogP contribution is -2.42. The SMILES string of the molecule is CC(C)OC(=O)CC1(CNC(=O)Oc2cccc(C3(O)CCCCC3C)c2)CCCCC1. The van der Waals surface area contributed by atoms with E-state index in [0.717, 1.165) is 63.4 Å². The summed E-state index contributed by atoms with van der Waals surface area (Å²) in [4.78, 5) is 24.9. The summed E-state index contributed by atoms with van der Waals surface area (Å²) in [6, 6.07) is 7.24. The van der Waals surface area contributed by atoms with Crippen LogP contribution in [0.5, 0.6) is 5.75 Å². The van der Waals surface area contributed by atoms with Crippen LogP contribution in [0.1, 0.15) is 90.5 Å². The van der Waals surface area contributed by atoms with Crippen LogP contribution in [0.4, 0.5) is 4.79 Å². The first-order chi connectivity index (χ1) is 15.2. The second-order valence-corrected chi connectivity index (χ2v) is 10.1. The summed E-state index contributed by atoms with van der Waals surface area (Å²) in [5, 5.41) is 14.1. The van der Waals surface area contributed by atoms with Crippen LogP contribution in [0.15, 0.2) is 24.3 Å². The average Bonchev–Trinajstić information content (AvgIpc) is 2.75. The molecule has 2 atom stereocenters. The fourth-order valence-corrected chi connectivity index (χ4v) is 5.32. The molecule has 2 aliphatic carbocycles. The molecule has 6 nitrogen and oxygen atoms in total. The number of amides is 1. The maximum absolute atomic E-state index is 12.6. The van der Waals surface area contributed by atoms with Gasteiger partial charge in [-0.2, -0.15) is 0 Å². The third kappa shape index (κ3) is 6.25. The van der Waals surface area contributed by atoms with Gasteiger partial charge >= 0.3 is 12.1 Å². The van der Waals surface area contributed by atoms with Gasteiger partial charge in [0.15, 0.2) is 0 Å². The Hall–Kier alpha value is -2.08. The van der Waals surface area contributed by atoms with Crippen LogP contribution in [0.2, 0.25) is 0 Å². The van der Waals surface area contributed by atoms with Gasteiger partial charge < -0.3 is 19.9 Å². The number of aliphatic hydroxyl groups is 1. The van der Waals surface area contributed by atoms with Crippen LogP contribution in [0.3, 0.4) is 0 Å². The summed E-state index contributed by atoms with van der Waals surface area (Å²) in [7, 11) is 0. The van der Waals surface area contributed by atoms with Crippen molar-refractivity contribution in [1.82, 2.24) is 5.32 Å². The van der Waals surface area contributed by atoms with E-state index < -0.39 is 11.7 Å². The maximum atomic E-state index is 12.6. The lowest BCUT2D eigenvalue weighted by Gasteiger charge is -2.38. The summed E-state index contributed by atoms with van der Waals surface area (Å²) < 4.78 is 10.9. The van der Waals surface area contributed by atoms with Crippen molar-refractivity contribution in [2.24, 2.45) is 11.3 Å². The number of carbonyl (C=O) groups is 2. The van der Waals surface area contributed by atoms with E-state index in [1.807, 2.05) is 26.0 Å². The number of hydrogen-bond acceptors (Lipinski definition) is 5. The zero-order valence-corrected chi connectivity index (χ0v) is 19.8. The van der Waals surface area contributed by atoms with Crippen molar-refractivity contribution < 1.29 is 24.2 Å². The number of nitrogens with one attached hydrogen (secondary N) is 1. The fraction of sp³-hybridized carbons (Fsp3) is 0.692. The maximum Gasteiger partial charge on any atom is 0.412 e. The van der Waals surface area contributed by atoms with Crippen LogP contribution >= 0.6 is 0 Å². The Bertz CT molecular complexity index is 786. The third-order valence-corrected chi connectivity index (χ3v) is 7.21. The molecule has 1 aromatic carbocycles. The average molecular weight is 446 g/mol. The molecule has 0 aliphatic heterocycles. The second-order valence-electron chi connectivity index (χ2n) is 10.1. The highest BCUT2D eigenvalue weighted by Gasteiger charge is 2.38. The van der Waals surface area contributed by atoms with Crippen LogP contribution in [0.25, 0.3) is 0 Å². The Morgan fingerprint density at radius 3 is 2.53 bits per heavy atom. The zero-order chi connectivity index (χ0) is 23.2. The van der Waals surface area contributed by atoms with Gasteiger partial charge in [0.25, 0.3) is 0 Å². The number of carbonyl (C=O) groups excluding carboxylic acids is 2. The Morgan fingerprint density at radius 1 is 1.12 bits per heavy atom. The highest BCUT2D eigenvalue weighted by atomic mass is 16.6. The van der Waals surface area contributed by atoms with E-state index in [9.17, 15) is 14.7 Å². The van der Waals surface area contributed by atoms with Crippen molar-refractivity contribution >= 4 is 12.1 Å². The molecular weight excluding hydrogens is 406 g/mol. The van der Waals surface area contributed by atoms with Crippen molar-refractivity contribution in [1.29, 1.82) is 0 Å². The van der Waals surface area contributed by atoms with Crippen molar-refractivity contribution in [2.45, 2.75) is 96.7 Å². The van der Waals surface area contributed by atoms with E-state index in [2.05, 4.69) is 12.2 Å². The van der Waals surface area contributed by atoms with Gasteiger partial charge in [0.2, 0.25) is 0 Å². The number of esters is 1. The first-order valence-electron chi connectivity index (χ1n) is 12.2. The predicted octanol–water partition coefficient (Wildman–Crippen LogP) is 5.46. The van der Waals surface area contributed by atoms with E-state index in [1.54, 1.807) is 12.1 Å². The Labute approximate surface area is 192 Å². The lowest BCUT2D eigenvalue weighted by molar-refractivity contribution is -0.150. The molecule has 3 rings (SSSR count). The summed E-state index contributed by atoms with van der Waals surface area (Å²) >= 11 is 0. The van der Waals surface area contributed by atoms with E-state index in [-0.39, 0.29) is 23.4 Å². The molecule has 0 spiro atoms. The predicted molar refractivity (Wildman–Crippen MR) is 123 cm³/mol. The van der Waals surface area contributed by atoms with E-state index in [1.165, 1.54) is 0 Å². The summed E-state index contributed by atoms with van der Waals surface area (Å²) in [6.07, 6.45) is 8.50. The van der Waals surface area contributed by atoms with E-state index in [0.29, 0.717) is 18.7 Å². The molecule has 0 radical (unpaired) electrons. The van der Waals surface area contributed by atoms with Gasteiger partial charge in [-0.1, -0.05) is 51.2 Å². The minimum atomic E-state index is -0.878. The molecule has 6 heteroatoms. The molecule has 2 saturated carbocycles. The smallest absolute Gasteiger partial charge is 0.412 e. The molecule has 178 valence electrons. The van der Waals surface area contributed by atoms with Crippen molar-refractivity contribution in [3.63, 3.8) is 0 Å². The van der Waals surface area contributed by atoms with Crippen molar-refractivity contribution in [3.8, 4) is 5.75 Å². The molecule has 1 amide bonds. The number of benzene rings is 1. The Balaban J connectivity index is 1.61. The minimum absolute atomic E-state index is 0.143. The van der Waals surface area contributed by atoms with Gasteiger partial charge in [-0.15, -0.1) is 0 Å². The lowest BCUT2D eigenvalue weighted by atomic mass is 9.71. The standard InChI is InChI=1S/C26H39NO5/c1-19(2)31-23(28)17-25(13-6-4-7-14-25)18-27-24(29)32-22-12-9-11-21(16-22)26(30)15-8-5-10-20(26)3/h9,11-12,16,19-20,30H,4-8,10,13-15,17-18H2,1-3H3,(H,27,29). The van der Waals surface area contributed by atoms with E-state index in [4.69, 9.17) is 9.47 Å². The fourth-order valence-electron chi connectivity index (χ4n) is 5.32. The van der Waals surface area contributed by atoms with Gasteiger partial charge in [0.05, 0.1) is 18.1 Å². The zero-order valence-electron chi connectivity index (χ0n) is 19.8. The molecule has 2 fully saturated rings. The minimum Gasteiger partial charge on any atom is -0.463 e. The van der Waals surface area contributed by atoms with Gasteiger partial charge in [0, 0.05) is 6.54 Å². The molecule has 0 aromatic heterocycles. The highest BCUT2D eigenvalue weighted by molar-refractivity contribution is 5.72. The largest absolute Gasteiger partial charge is 0.463 e. The number of ether oxygens (including phenoxy) is 2. The Morgan fingerprint density at radius 2 is 1.84 bits per heavy atom. The molecule has 0 saturated heterocycles. The summed E-state index contributed by atoms with van der Waals surface area (Å²) in [5.41, 5.74) is -0.357. The molecule has 32 heavy (non-hydrogen) atoms. The monoisotopic (exact) mass is 445 g/mol. The van der Waals surface area contributed by atoms with Crippen LogP contribution < -0.4 is 10.1 Å². The van der Waals surface area contributed by atoms with Gasteiger partial charge in [-0.3, -0.25) is 4.79 Å². The second kappa shape index (κ2) is 10.7. The Kier molecular flexibility index (Phi) is 8.21. The quantitative estimate of drug-likeness (QED) is 0.544. The number of rotatable bonds is 7. The third-order valence-electron chi connectivity index (χ3n) is 7.21. The molecule has 2 unspecified atom stereocenters. The topological polar surface area (TPSA) is 84.9 Å².